The first-order chi connectivity index (χ1) is 13.9. The molecule has 0 unspecified atom stereocenters. The average molecular weight is 418 g/mol. The highest BCUT2D eigenvalue weighted by molar-refractivity contribution is 6.30. The first-order valence-electron chi connectivity index (χ1n) is 8.79. The van der Waals surface area contributed by atoms with Gasteiger partial charge in [-0.25, -0.2) is 5.43 Å². The van der Waals surface area contributed by atoms with Gasteiger partial charge in [0.15, 0.2) is 11.5 Å². The number of ether oxygens (including phenoxy) is 2. The van der Waals surface area contributed by atoms with E-state index in [4.69, 9.17) is 21.1 Å². The van der Waals surface area contributed by atoms with Crippen LogP contribution in [-0.2, 0) is 16.1 Å². The van der Waals surface area contributed by atoms with Crippen LogP contribution in [0.15, 0.2) is 42.5 Å². The number of nitrogens with zero attached hydrogens (tertiary/aromatic N) is 1. The number of benzene rings is 2. The maximum atomic E-state index is 12.5. The third kappa shape index (κ3) is 4.67. The molecule has 9 heteroatoms. The molecule has 1 atom stereocenters. The molecule has 3 rings (SSSR count). The van der Waals surface area contributed by atoms with Gasteiger partial charge in [-0.05, 0) is 35.9 Å². The molecule has 8 nitrogen and oxygen atoms in total. The molecule has 1 saturated heterocycles. The Labute approximate surface area is 172 Å². The molecule has 0 aliphatic carbocycles. The fourth-order valence-corrected chi connectivity index (χ4v) is 3.06. The Balaban J connectivity index is 1.61. The number of methoxy groups -OCH3 is 2. The van der Waals surface area contributed by atoms with Crippen molar-refractivity contribution < 1.29 is 23.9 Å². The van der Waals surface area contributed by atoms with E-state index in [2.05, 4.69) is 10.9 Å². The first-order valence-corrected chi connectivity index (χ1v) is 9.17. The number of hydrogen-bond acceptors (Lipinski definition) is 6. The van der Waals surface area contributed by atoms with Crippen molar-refractivity contribution in [3.63, 3.8) is 0 Å². The maximum Gasteiger partial charge on any atom is 0.265 e. The quantitative estimate of drug-likeness (QED) is 0.527. The van der Waals surface area contributed by atoms with Gasteiger partial charge in [0.05, 0.1) is 27.2 Å². The van der Waals surface area contributed by atoms with Gasteiger partial charge in [-0.15, -0.1) is 0 Å². The summed E-state index contributed by atoms with van der Waals surface area (Å²) >= 11 is 5.85. The third-order valence-corrected chi connectivity index (χ3v) is 4.76. The van der Waals surface area contributed by atoms with E-state index in [-0.39, 0.29) is 18.9 Å². The van der Waals surface area contributed by atoms with Gasteiger partial charge >= 0.3 is 0 Å². The molecular formula is C20H20ClN3O5. The van der Waals surface area contributed by atoms with Crippen LogP contribution in [0.25, 0.3) is 0 Å². The molecule has 1 aliphatic heterocycles. The first kappa shape index (κ1) is 20.6. The van der Waals surface area contributed by atoms with Crippen LogP contribution in [0.5, 0.6) is 11.5 Å². The van der Waals surface area contributed by atoms with Crippen molar-refractivity contribution in [2.75, 3.05) is 14.2 Å². The Morgan fingerprint density at radius 3 is 2.45 bits per heavy atom. The second-order valence-electron chi connectivity index (χ2n) is 6.37. The Hall–Kier alpha value is -3.10. The number of hydrazine groups is 1. The fraction of sp³-hybridized carbons (Fsp3) is 0.250. The van der Waals surface area contributed by atoms with Crippen LogP contribution >= 0.6 is 11.6 Å². The van der Waals surface area contributed by atoms with Crippen molar-refractivity contribution in [3.8, 4) is 11.5 Å². The minimum atomic E-state index is -0.834. The molecule has 0 aromatic heterocycles. The Kier molecular flexibility index (Phi) is 6.36. The summed E-state index contributed by atoms with van der Waals surface area (Å²) in [6.07, 6.45) is -0.0430. The van der Waals surface area contributed by atoms with Crippen LogP contribution in [0.3, 0.4) is 0 Å². The molecular weight excluding hydrogens is 398 g/mol. The minimum Gasteiger partial charge on any atom is -0.493 e. The summed E-state index contributed by atoms with van der Waals surface area (Å²) in [5, 5.41) is 0.574. The van der Waals surface area contributed by atoms with Crippen LogP contribution in [0.1, 0.15) is 22.3 Å². The molecule has 152 valence electrons. The van der Waals surface area contributed by atoms with Crippen molar-refractivity contribution in [1.29, 1.82) is 0 Å². The number of imide groups is 1. The van der Waals surface area contributed by atoms with Crippen molar-refractivity contribution >= 4 is 29.3 Å². The fourth-order valence-electron chi connectivity index (χ4n) is 2.94. The molecule has 3 amide bonds. The highest BCUT2D eigenvalue weighted by Gasteiger charge is 2.38. The highest BCUT2D eigenvalue weighted by atomic mass is 35.5. The van der Waals surface area contributed by atoms with E-state index in [0.29, 0.717) is 22.1 Å². The zero-order valence-electron chi connectivity index (χ0n) is 15.9. The summed E-state index contributed by atoms with van der Waals surface area (Å²) in [6, 6.07) is 10.7. The summed E-state index contributed by atoms with van der Waals surface area (Å²) in [7, 11) is 2.97. The predicted molar refractivity (Wildman–Crippen MR) is 106 cm³/mol. The van der Waals surface area contributed by atoms with Crippen molar-refractivity contribution in [2.45, 2.75) is 19.0 Å². The van der Waals surface area contributed by atoms with E-state index in [1.807, 2.05) is 0 Å². The Bertz CT molecular complexity index is 932. The number of carbonyl (C=O) groups excluding carboxylic acids is 3. The summed E-state index contributed by atoms with van der Waals surface area (Å²) < 4.78 is 10.3. The van der Waals surface area contributed by atoms with E-state index >= 15 is 0 Å². The number of carbonyl (C=O) groups is 3. The number of nitrogens with one attached hydrogen (secondary N) is 2. The lowest BCUT2D eigenvalue weighted by atomic mass is 10.2. The van der Waals surface area contributed by atoms with E-state index in [9.17, 15) is 14.4 Å². The predicted octanol–water partition coefficient (Wildman–Crippen LogP) is 1.92. The zero-order chi connectivity index (χ0) is 21.0. The number of rotatable bonds is 7. The molecule has 2 N–H and O–H groups in total. The normalized spacial score (nSPS) is 16.1. The summed E-state index contributed by atoms with van der Waals surface area (Å²) in [4.78, 5) is 38.3. The van der Waals surface area contributed by atoms with Gasteiger partial charge in [0.2, 0.25) is 11.8 Å². The summed E-state index contributed by atoms with van der Waals surface area (Å²) in [6.45, 7) is 0.149. The number of hydrogen-bond donors (Lipinski definition) is 2. The van der Waals surface area contributed by atoms with Crippen LogP contribution in [-0.4, -0.2) is 42.9 Å². The maximum absolute atomic E-state index is 12.5. The number of amides is 3. The van der Waals surface area contributed by atoms with Gasteiger partial charge in [-0.2, -0.15) is 0 Å². The van der Waals surface area contributed by atoms with E-state index < -0.39 is 17.9 Å². The van der Waals surface area contributed by atoms with Crippen LogP contribution in [0.4, 0.5) is 0 Å². The van der Waals surface area contributed by atoms with Gasteiger partial charge in [0, 0.05) is 10.6 Å². The molecule has 0 radical (unpaired) electrons. The largest absolute Gasteiger partial charge is 0.493 e. The van der Waals surface area contributed by atoms with E-state index in [1.165, 1.54) is 20.3 Å². The molecule has 0 spiro atoms. The lowest BCUT2D eigenvalue weighted by Crippen LogP contribution is -2.48. The van der Waals surface area contributed by atoms with Gasteiger partial charge in [-0.3, -0.25) is 24.7 Å². The molecule has 2 aromatic rings. The molecule has 2 aromatic carbocycles. The van der Waals surface area contributed by atoms with Crippen LogP contribution < -0.4 is 20.3 Å². The molecule has 0 bridgehead atoms. The lowest BCUT2D eigenvalue weighted by Gasteiger charge is -2.16. The summed E-state index contributed by atoms with van der Waals surface area (Å²) in [5.41, 5.74) is 6.21. The molecule has 1 aliphatic rings. The number of halogens is 1. The molecule has 1 fully saturated rings. The average Bonchev–Trinajstić information content (AvgIpc) is 3.00. The molecule has 1 heterocycles. The molecule has 0 saturated carbocycles. The number of likely N-dealkylation sites (tertiary alicyclic amines) is 1. The smallest absolute Gasteiger partial charge is 0.265 e. The van der Waals surface area contributed by atoms with Gasteiger partial charge in [0.1, 0.15) is 6.04 Å². The monoisotopic (exact) mass is 417 g/mol. The van der Waals surface area contributed by atoms with E-state index in [0.717, 1.165) is 10.5 Å². The van der Waals surface area contributed by atoms with Gasteiger partial charge in [-0.1, -0.05) is 23.7 Å². The Morgan fingerprint density at radius 1 is 1.10 bits per heavy atom. The zero-order valence-corrected chi connectivity index (χ0v) is 16.7. The van der Waals surface area contributed by atoms with Crippen LogP contribution in [0.2, 0.25) is 5.02 Å². The highest BCUT2D eigenvalue weighted by Crippen LogP contribution is 2.27. The summed E-state index contributed by atoms with van der Waals surface area (Å²) in [5.74, 6) is -0.296. The van der Waals surface area contributed by atoms with Crippen LogP contribution in [0, 0.1) is 0 Å². The molecule has 29 heavy (non-hydrogen) atoms. The topological polar surface area (TPSA) is 97.0 Å². The van der Waals surface area contributed by atoms with Crippen molar-refractivity contribution in [3.05, 3.63) is 58.6 Å². The second-order valence-corrected chi connectivity index (χ2v) is 6.81. The van der Waals surface area contributed by atoms with Crippen molar-refractivity contribution in [1.82, 2.24) is 15.8 Å². The minimum absolute atomic E-state index is 0.0430. The Morgan fingerprint density at radius 2 is 1.79 bits per heavy atom. The standard InChI is InChI=1S/C20H20ClN3O5/c1-28-16-8-5-13(9-17(16)29-2)19(26)23-22-15-10-18(25)24(20(15)27)11-12-3-6-14(21)7-4-12/h3-9,15,22H,10-11H2,1-2H3,(H,23,26)/t15-/m0/s1. The SMILES string of the molecule is COc1ccc(C(=O)NN[C@H]2CC(=O)N(Cc3ccc(Cl)cc3)C2=O)cc1OC. The van der Waals surface area contributed by atoms with E-state index in [1.54, 1.807) is 36.4 Å². The van der Waals surface area contributed by atoms with Gasteiger partial charge < -0.3 is 9.47 Å². The van der Waals surface area contributed by atoms with Crippen molar-refractivity contribution in [2.24, 2.45) is 0 Å². The second kappa shape index (κ2) is 8.93. The lowest BCUT2D eigenvalue weighted by molar-refractivity contribution is -0.139. The third-order valence-electron chi connectivity index (χ3n) is 4.50. The van der Waals surface area contributed by atoms with Gasteiger partial charge in [0.25, 0.3) is 5.91 Å².